The number of carbonyl (C=O) groups is 1. The summed E-state index contributed by atoms with van der Waals surface area (Å²) in [5, 5.41) is 6.75. The van der Waals surface area contributed by atoms with E-state index < -0.39 is 0 Å². The summed E-state index contributed by atoms with van der Waals surface area (Å²) in [6, 6.07) is 5.38. The molecular formula is C16H17Cl2N3OS. The predicted octanol–water partition coefficient (Wildman–Crippen LogP) is 3.80. The molecule has 0 radical (unpaired) electrons. The molecule has 0 bridgehead atoms. The van der Waals surface area contributed by atoms with Crippen molar-refractivity contribution in [3.8, 4) is 10.6 Å². The lowest BCUT2D eigenvalue weighted by atomic mass is 10.1. The van der Waals surface area contributed by atoms with E-state index in [4.69, 9.17) is 23.2 Å². The summed E-state index contributed by atoms with van der Waals surface area (Å²) in [7, 11) is 1.94. The maximum Gasteiger partial charge on any atom is 0.273 e. The quantitative estimate of drug-likeness (QED) is 0.891. The lowest BCUT2D eigenvalue weighted by Gasteiger charge is -2.15. The first-order valence-corrected chi connectivity index (χ1v) is 9.07. The molecule has 0 aliphatic carbocycles. The number of aromatic nitrogens is 1. The number of likely N-dealkylation sites (tertiary alicyclic amines) is 1. The number of nitrogens with zero attached hydrogens (tertiary/aromatic N) is 2. The van der Waals surface area contributed by atoms with E-state index in [0.29, 0.717) is 21.7 Å². The molecule has 1 fully saturated rings. The van der Waals surface area contributed by atoms with Crippen molar-refractivity contribution in [2.24, 2.45) is 5.92 Å². The van der Waals surface area contributed by atoms with Gasteiger partial charge in [0.15, 0.2) is 0 Å². The SMILES string of the molecule is CNCC1CCN(C(=O)c2csc(-c3ccc(Cl)c(Cl)c3)n2)C1. The van der Waals surface area contributed by atoms with Crippen LogP contribution in [0.4, 0.5) is 0 Å². The largest absolute Gasteiger partial charge is 0.337 e. The first-order valence-electron chi connectivity index (χ1n) is 7.43. The standard InChI is InChI=1S/C16H17Cl2N3OS/c1-19-7-10-4-5-21(8-10)16(22)14-9-23-15(20-14)11-2-3-12(17)13(18)6-11/h2-3,6,9-10,19H,4-5,7-8H2,1H3. The summed E-state index contributed by atoms with van der Waals surface area (Å²) in [6.45, 7) is 2.53. The number of thiazole rings is 1. The molecule has 1 saturated heterocycles. The fraction of sp³-hybridized carbons (Fsp3) is 0.375. The maximum absolute atomic E-state index is 12.6. The van der Waals surface area contributed by atoms with Crippen LogP contribution in [-0.2, 0) is 0 Å². The lowest BCUT2D eigenvalue weighted by Crippen LogP contribution is -2.30. The van der Waals surface area contributed by atoms with Gasteiger partial charge in [-0.1, -0.05) is 29.3 Å². The van der Waals surface area contributed by atoms with Gasteiger partial charge in [-0.3, -0.25) is 4.79 Å². The molecule has 2 heterocycles. The summed E-state index contributed by atoms with van der Waals surface area (Å²) in [6.07, 6.45) is 1.04. The normalized spacial score (nSPS) is 17.7. The summed E-state index contributed by atoms with van der Waals surface area (Å²) in [5.41, 5.74) is 1.37. The van der Waals surface area contributed by atoms with Crippen molar-refractivity contribution >= 4 is 40.4 Å². The van der Waals surface area contributed by atoms with Crippen molar-refractivity contribution in [3.05, 3.63) is 39.3 Å². The number of amides is 1. The molecule has 1 N–H and O–H groups in total. The first-order chi connectivity index (χ1) is 11.1. The minimum Gasteiger partial charge on any atom is -0.337 e. The maximum atomic E-state index is 12.6. The summed E-state index contributed by atoms with van der Waals surface area (Å²) in [4.78, 5) is 18.9. The number of benzene rings is 1. The van der Waals surface area contributed by atoms with Gasteiger partial charge >= 0.3 is 0 Å². The van der Waals surface area contributed by atoms with Crippen LogP contribution >= 0.6 is 34.5 Å². The average molecular weight is 370 g/mol. The fourth-order valence-electron chi connectivity index (χ4n) is 2.77. The van der Waals surface area contributed by atoms with Gasteiger partial charge in [-0.25, -0.2) is 4.98 Å². The Morgan fingerprint density at radius 1 is 1.43 bits per heavy atom. The van der Waals surface area contributed by atoms with Gasteiger partial charge in [-0.15, -0.1) is 11.3 Å². The number of nitrogens with one attached hydrogen (secondary N) is 1. The highest BCUT2D eigenvalue weighted by Crippen LogP contribution is 2.30. The Morgan fingerprint density at radius 3 is 3.00 bits per heavy atom. The van der Waals surface area contributed by atoms with Crippen LogP contribution in [0, 0.1) is 5.92 Å². The zero-order chi connectivity index (χ0) is 16.4. The zero-order valence-electron chi connectivity index (χ0n) is 12.7. The Bertz CT molecular complexity index is 719. The van der Waals surface area contributed by atoms with Crippen molar-refractivity contribution in [1.29, 1.82) is 0 Å². The molecular weight excluding hydrogens is 353 g/mol. The molecule has 23 heavy (non-hydrogen) atoms. The van der Waals surface area contributed by atoms with Gasteiger partial charge in [0.25, 0.3) is 5.91 Å². The van der Waals surface area contributed by atoms with Crippen LogP contribution in [0.5, 0.6) is 0 Å². The fourth-order valence-corrected chi connectivity index (χ4v) is 3.86. The average Bonchev–Trinajstić information content (AvgIpc) is 3.19. The number of hydrogen-bond donors (Lipinski definition) is 1. The highest BCUT2D eigenvalue weighted by molar-refractivity contribution is 7.13. The van der Waals surface area contributed by atoms with Gasteiger partial charge in [0.05, 0.1) is 10.0 Å². The molecule has 7 heteroatoms. The number of carbonyl (C=O) groups excluding carboxylic acids is 1. The third-order valence-corrected chi connectivity index (χ3v) is 5.59. The Hall–Kier alpha value is -1.14. The summed E-state index contributed by atoms with van der Waals surface area (Å²) in [5.74, 6) is 0.531. The van der Waals surface area contributed by atoms with Crippen LogP contribution in [-0.4, -0.2) is 42.5 Å². The van der Waals surface area contributed by atoms with E-state index in [1.807, 2.05) is 23.4 Å². The number of hydrogen-bond acceptors (Lipinski definition) is 4. The van der Waals surface area contributed by atoms with Gasteiger partial charge in [-0.05, 0) is 38.1 Å². The van der Waals surface area contributed by atoms with E-state index in [1.54, 1.807) is 12.1 Å². The van der Waals surface area contributed by atoms with E-state index in [-0.39, 0.29) is 5.91 Å². The molecule has 1 atom stereocenters. The second-order valence-electron chi connectivity index (χ2n) is 5.63. The molecule has 1 unspecified atom stereocenters. The van der Waals surface area contributed by atoms with Crippen molar-refractivity contribution in [1.82, 2.24) is 15.2 Å². The number of halogens is 2. The first kappa shape index (κ1) is 16.7. The van der Waals surface area contributed by atoms with E-state index >= 15 is 0 Å². The Balaban J connectivity index is 1.74. The summed E-state index contributed by atoms with van der Waals surface area (Å²) < 4.78 is 0. The predicted molar refractivity (Wildman–Crippen MR) is 95.5 cm³/mol. The number of rotatable bonds is 4. The molecule has 1 amide bonds. The van der Waals surface area contributed by atoms with Gasteiger partial charge in [0.1, 0.15) is 10.7 Å². The lowest BCUT2D eigenvalue weighted by molar-refractivity contribution is 0.0782. The Kier molecular flexibility index (Phi) is 5.21. The minimum atomic E-state index is 0.00571. The van der Waals surface area contributed by atoms with E-state index in [9.17, 15) is 4.79 Å². The molecule has 122 valence electrons. The third kappa shape index (κ3) is 3.69. The second kappa shape index (κ2) is 7.18. The van der Waals surface area contributed by atoms with Crippen LogP contribution in [0.3, 0.4) is 0 Å². The smallest absolute Gasteiger partial charge is 0.273 e. The topological polar surface area (TPSA) is 45.2 Å². The minimum absolute atomic E-state index is 0.00571. The molecule has 1 aliphatic rings. The molecule has 0 saturated carbocycles. The Labute approximate surface area is 149 Å². The van der Waals surface area contributed by atoms with Crippen LogP contribution < -0.4 is 5.32 Å². The molecule has 1 aromatic carbocycles. The van der Waals surface area contributed by atoms with Crippen LogP contribution in [0.15, 0.2) is 23.6 Å². The van der Waals surface area contributed by atoms with Gasteiger partial charge in [0, 0.05) is 24.0 Å². The molecule has 0 spiro atoms. The molecule has 1 aromatic heterocycles. The van der Waals surface area contributed by atoms with Crippen molar-refractivity contribution in [3.63, 3.8) is 0 Å². The Morgan fingerprint density at radius 2 is 2.26 bits per heavy atom. The second-order valence-corrected chi connectivity index (χ2v) is 7.30. The highest BCUT2D eigenvalue weighted by Gasteiger charge is 2.27. The van der Waals surface area contributed by atoms with E-state index in [2.05, 4.69) is 10.3 Å². The van der Waals surface area contributed by atoms with Gasteiger partial charge in [0.2, 0.25) is 0 Å². The van der Waals surface area contributed by atoms with Gasteiger partial charge < -0.3 is 10.2 Å². The van der Waals surface area contributed by atoms with Crippen molar-refractivity contribution in [2.75, 3.05) is 26.7 Å². The molecule has 1 aliphatic heterocycles. The summed E-state index contributed by atoms with van der Waals surface area (Å²) >= 11 is 13.4. The van der Waals surface area contributed by atoms with E-state index in [0.717, 1.165) is 36.6 Å². The van der Waals surface area contributed by atoms with Crippen molar-refractivity contribution < 1.29 is 4.79 Å². The highest BCUT2D eigenvalue weighted by atomic mass is 35.5. The molecule has 4 nitrogen and oxygen atoms in total. The van der Waals surface area contributed by atoms with Crippen LogP contribution in [0.25, 0.3) is 10.6 Å². The third-order valence-electron chi connectivity index (χ3n) is 3.96. The van der Waals surface area contributed by atoms with Crippen molar-refractivity contribution in [2.45, 2.75) is 6.42 Å². The van der Waals surface area contributed by atoms with E-state index in [1.165, 1.54) is 11.3 Å². The zero-order valence-corrected chi connectivity index (χ0v) is 15.0. The van der Waals surface area contributed by atoms with Crippen LogP contribution in [0.1, 0.15) is 16.9 Å². The molecule has 3 rings (SSSR count). The van der Waals surface area contributed by atoms with Crippen LogP contribution in [0.2, 0.25) is 10.0 Å². The monoisotopic (exact) mass is 369 g/mol. The molecule has 2 aromatic rings. The van der Waals surface area contributed by atoms with Gasteiger partial charge in [-0.2, -0.15) is 0 Å².